The number of unbranched alkanes of at least 4 members (excludes halogenated alkanes) is 3. The van der Waals surface area contributed by atoms with Crippen molar-refractivity contribution in [2.75, 3.05) is 6.54 Å². The van der Waals surface area contributed by atoms with Crippen LogP contribution in [0.15, 0.2) is 31.0 Å². The van der Waals surface area contributed by atoms with E-state index in [0.29, 0.717) is 0 Å². The van der Waals surface area contributed by atoms with Crippen molar-refractivity contribution in [1.82, 2.24) is 10.3 Å². The number of pyridine rings is 1. The Kier molecular flexibility index (Phi) is 8.52. The predicted molar refractivity (Wildman–Crippen MR) is 83.6 cm³/mol. The second-order valence-electron chi connectivity index (χ2n) is 4.80. The highest BCUT2D eigenvalue weighted by molar-refractivity contribution is 6.31. The molecule has 1 aromatic rings. The topological polar surface area (TPSA) is 24.9 Å². The van der Waals surface area contributed by atoms with Crippen molar-refractivity contribution >= 4 is 11.6 Å². The summed E-state index contributed by atoms with van der Waals surface area (Å²) in [5.41, 5.74) is 0.987. The first-order valence-electron chi connectivity index (χ1n) is 7.24. The molecule has 1 unspecified atom stereocenters. The molecule has 0 amide bonds. The zero-order chi connectivity index (χ0) is 13.9. The number of nitrogens with one attached hydrogen (secondary N) is 1. The lowest BCUT2D eigenvalue weighted by Crippen LogP contribution is -2.23. The molecule has 0 radical (unpaired) electrons. The molecule has 19 heavy (non-hydrogen) atoms. The largest absolute Gasteiger partial charge is 0.309 e. The number of nitrogens with zero attached hydrogens (tertiary/aromatic N) is 1. The molecular formula is C16H25ClN2. The van der Waals surface area contributed by atoms with Gasteiger partial charge >= 0.3 is 0 Å². The Bertz CT molecular complexity index is 366. The standard InChI is InChI=1S/C16H25ClN2/c1-3-5-6-7-8-11-15(18-12-4-2)16-14(17)10-9-13-19-16/h3,9-10,13,15,18H,1,4-8,11-12H2,2H3. The molecule has 1 heterocycles. The van der Waals surface area contributed by atoms with Gasteiger partial charge in [-0.15, -0.1) is 6.58 Å². The quantitative estimate of drug-likeness (QED) is 0.486. The second-order valence-corrected chi connectivity index (χ2v) is 5.21. The first kappa shape index (κ1) is 16.2. The minimum atomic E-state index is 0.275. The molecule has 0 bridgehead atoms. The highest BCUT2D eigenvalue weighted by Gasteiger charge is 2.14. The summed E-state index contributed by atoms with van der Waals surface area (Å²) >= 11 is 6.24. The zero-order valence-corrected chi connectivity index (χ0v) is 12.6. The van der Waals surface area contributed by atoms with E-state index in [-0.39, 0.29) is 6.04 Å². The normalized spacial score (nSPS) is 12.3. The Morgan fingerprint density at radius 2 is 2.26 bits per heavy atom. The maximum atomic E-state index is 6.24. The molecule has 2 nitrogen and oxygen atoms in total. The molecule has 0 saturated carbocycles. The molecule has 0 aromatic carbocycles. The number of hydrogen-bond donors (Lipinski definition) is 1. The molecule has 0 spiro atoms. The third kappa shape index (κ3) is 6.22. The Morgan fingerprint density at radius 1 is 1.42 bits per heavy atom. The van der Waals surface area contributed by atoms with E-state index < -0.39 is 0 Å². The number of allylic oxidation sites excluding steroid dienone is 1. The summed E-state index contributed by atoms with van der Waals surface area (Å²) in [7, 11) is 0. The van der Waals surface area contributed by atoms with E-state index in [2.05, 4.69) is 23.8 Å². The second kappa shape index (κ2) is 9.99. The summed E-state index contributed by atoms with van der Waals surface area (Å²) in [6, 6.07) is 4.08. The minimum absolute atomic E-state index is 0.275. The van der Waals surface area contributed by atoms with Gasteiger partial charge < -0.3 is 5.32 Å². The minimum Gasteiger partial charge on any atom is -0.309 e. The molecule has 0 aliphatic rings. The van der Waals surface area contributed by atoms with Gasteiger partial charge in [-0.05, 0) is 44.4 Å². The van der Waals surface area contributed by atoms with Crippen LogP contribution >= 0.6 is 11.6 Å². The van der Waals surface area contributed by atoms with Crippen molar-refractivity contribution in [3.63, 3.8) is 0 Å². The molecule has 1 atom stereocenters. The highest BCUT2D eigenvalue weighted by Crippen LogP contribution is 2.24. The zero-order valence-electron chi connectivity index (χ0n) is 11.9. The number of halogens is 1. The third-order valence-corrected chi connectivity index (χ3v) is 3.48. The van der Waals surface area contributed by atoms with Crippen molar-refractivity contribution in [1.29, 1.82) is 0 Å². The van der Waals surface area contributed by atoms with E-state index in [0.717, 1.165) is 36.5 Å². The van der Waals surface area contributed by atoms with Crippen LogP contribution in [0.25, 0.3) is 0 Å². The molecule has 106 valence electrons. The van der Waals surface area contributed by atoms with Gasteiger partial charge in [0.1, 0.15) is 0 Å². The summed E-state index contributed by atoms with van der Waals surface area (Å²) in [6.07, 6.45) is 10.8. The van der Waals surface area contributed by atoms with Gasteiger partial charge in [0, 0.05) is 6.20 Å². The maximum absolute atomic E-state index is 6.24. The van der Waals surface area contributed by atoms with Gasteiger partial charge in [0.2, 0.25) is 0 Å². The maximum Gasteiger partial charge on any atom is 0.0758 e. The third-order valence-electron chi connectivity index (χ3n) is 3.16. The Hall–Kier alpha value is -0.860. The van der Waals surface area contributed by atoms with Crippen LogP contribution in [0.2, 0.25) is 5.02 Å². The van der Waals surface area contributed by atoms with Crippen molar-refractivity contribution < 1.29 is 0 Å². The molecule has 1 N–H and O–H groups in total. The van der Waals surface area contributed by atoms with Crippen LogP contribution in [0, 0.1) is 0 Å². The van der Waals surface area contributed by atoms with Crippen LogP contribution in [-0.4, -0.2) is 11.5 Å². The van der Waals surface area contributed by atoms with Crippen LogP contribution in [0.3, 0.4) is 0 Å². The molecule has 0 aliphatic heterocycles. The lowest BCUT2D eigenvalue weighted by molar-refractivity contribution is 0.463. The van der Waals surface area contributed by atoms with E-state index >= 15 is 0 Å². The smallest absolute Gasteiger partial charge is 0.0758 e. The van der Waals surface area contributed by atoms with Crippen LogP contribution < -0.4 is 5.32 Å². The SMILES string of the molecule is C=CCCCCCC(NCCC)c1ncccc1Cl. The van der Waals surface area contributed by atoms with Gasteiger partial charge in [-0.3, -0.25) is 4.98 Å². The highest BCUT2D eigenvalue weighted by atomic mass is 35.5. The van der Waals surface area contributed by atoms with E-state index in [4.69, 9.17) is 11.6 Å². The van der Waals surface area contributed by atoms with Crippen LogP contribution in [0.4, 0.5) is 0 Å². The van der Waals surface area contributed by atoms with Gasteiger partial charge in [0.05, 0.1) is 16.8 Å². The number of rotatable bonds is 10. The summed E-state index contributed by atoms with van der Waals surface area (Å²) in [5, 5.41) is 4.32. The first-order chi connectivity index (χ1) is 9.29. The predicted octanol–water partition coefficient (Wildman–Crippen LogP) is 4.91. The lowest BCUT2D eigenvalue weighted by atomic mass is 10.0. The average Bonchev–Trinajstić information content (AvgIpc) is 2.43. The van der Waals surface area contributed by atoms with E-state index in [1.165, 1.54) is 19.3 Å². The van der Waals surface area contributed by atoms with E-state index in [9.17, 15) is 0 Å². The average molecular weight is 281 g/mol. The first-order valence-corrected chi connectivity index (χ1v) is 7.62. The van der Waals surface area contributed by atoms with Crippen molar-refractivity contribution in [3.05, 3.63) is 41.7 Å². The molecule has 0 saturated heterocycles. The van der Waals surface area contributed by atoms with Gasteiger partial charge in [-0.25, -0.2) is 0 Å². The fraction of sp³-hybridized carbons (Fsp3) is 0.562. The number of aromatic nitrogens is 1. The fourth-order valence-electron chi connectivity index (χ4n) is 2.12. The van der Waals surface area contributed by atoms with E-state index in [1.807, 2.05) is 24.4 Å². The fourth-order valence-corrected chi connectivity index (χ4v) is 2.38. The lowest BCUT2D eigenvalue weighted by Gasteiger charge is -2.19. The molecule has 3 heteroatoms. The monoisotopic (exact) mass is 280 g/mol. The van der Waals surface area contributed by atoms with Gasteiger partial charge in [0.25, 0.3) is 0 Å². The van der Waals surface area contributed by atoms with Crippen LogP contribution in [-0.2, 0) is 0 Å². The van der Waals surface area contributed by atoms with Crippen LogP contribution in [0.5, 0.6) is 0 Å². The molecule has 1 aromatic heterocycles. The van der Waals surface area contributed by atoms with Gasteiger partial charge in [0.15, 0.2) is 0 Å². The Morgan fingerprint density at radius 3 is 2.95 bits per heavy atom. The summed E-state index contributed by atoms with van der Waals surface area (Å²) < 4.78 is 0. The summed E-state index contributed by atoms with van der Waals surface area (Å²) in [4.78, 5) is 4.44. The van der Waals surface area contributed by atoms with Crippen molar-refractivity contribution in [2.24, 2.45) is 0 Å². The van der Waals surface area contributed by atoms with Crippen molar-refractivity contribution in [3.8, 4) is 0 Å². The Balaban J connectivity index is 2.52. The Labute approximate surface area is 122 Å². The van der Waals surface area contributed by atoms with Gasteiger partial charge in [-0.2, -0.15) is 0 Å². The van der Waals surface area contributed by atoms with E-state index in [1.54, 1.807) is 0 Å². The molecular weight excluding hydrogens is 256 g/mol. The summed E-state index contributed by atoms with van der Waals surface area (Å²) in [5.74, 6) is 0. The van der Waals surface area contributed by atoms with Gasteiger partial charge in [-0.1, -0.05) is 37.4 Å². The van der Waals surface area contributed by atoms with Crippen LogP contribution in [0.1, 0.15) is 57.2 Å². The molecule has 0 aliphatic carbocycles. The van der Waals surface area contributed by atoms with Crippen molar-refractivity contribution in [2.45, 2.75) is 51.5 Å². The molecule has 1 rings (SSSR count). The number of hydrogen-bond acceptors (Lipinski definition) is 2. The summed E-state index contributed by atoms with van der Waals surface area (Å²) in [6.45, 7) is 6.93. The molecule has 0 fully saturated rings.